The Morgan fingerprint density at radius 3 is 2.67 bits per heavy atom. The third-order valence-corrected chi connectivity index (χ3v) is 4.59. The van der Waals surface area contributed by atoms with Crippen molar-refractivity contribution in [3.8, 4) is 0 Å². The number of nitrogens with one attached hydrogen (secondary N) is 1. The van der Waals surface area contributed by atoms with Crippen molar-refractivity contribution < 1.29 is 13.6 Å². The molecule has 0 aromatic carbocycles. The zero-order valence-corrected chi connectivity index (χ0v) is 10.5. The lowest BCUT2D eigenvalue weighted by molar-refractivity contribution is -0.136. The highest BCUT2D eigenvalue weighted by atomic mass is 19.3. The van der Waals surface area contributed by atoms with Crippen molar-refractivity contribution in [1.82, 2.24) is 10.2 Å². The van der Waals surface area contributed by atoms with Gasteiger partial charge in [-0.3, -0.25) is 4.79 Å². The monoisotopic (exact) mass is 258 g/mol. The summed E-state index contributed by atoms with van der Waals surface area (Å²) < 4.78 is 26.3. The average Bonchev–Trinajstić information content (AvgIpc) is 2.81. The molecular weight excluding hydrogens is 238 g/mol. The van der Waals surface area contributed by atoms with E-state index in [2.05, 4.69) is 5.32 Å². The molecule has 2 bridgehead atoms. The van der Waals surface area contributed by atoms with Crippen LogP contribution in [0.3, 0.4) is 0 Å². The van der Waals surface area contributed by atoms with E-state index in [1.165, 1.54) is 6.42 Å². The highest BCUT2D eigenvalue weighted by Crippen LogP contribution is 2.39. The molecule has 3 atom stereocenters. The lowest BCUT2D eigenvalue weighted by Gasteiger charge is -2.27. The molecule has 0 aromatic rings. The van der Waals surface area contributed by atoms with E-state index in [0.29, 0.717) is 25.0 Å². The van der Waals surface area contributed by atoms with Crippen molar-refractivity contribution in [2.75, 3.05) is 13.1 Å². The first-order valence-electron chi connectivity index (χ1n) is 6.96. The van der Waals surface area contributed by atoms with Crippen LogP contribution in [0.2, 0.25) is 0 Å². The normalized spacial score (nSPS) is 38.8. The Bertz CT molecular complexity index is 348. The highest BCUT2D eigenvalue weighted by molar-refractivity contribution is 5.79. The number of nitrogens with zero attached hydrogens (tertiary/aromatic N) is 1. The quantitative estimate of drug-likeness (QED) is 0.777. The van der Waals surface area contributed by atoms with Gasteiger partial charge in [-0.25, -0.2) is 8.78 Å². The van der Waals surface area contributed by atoms with Crippen LogP contribution in [-0.4, -0.2) is 41.9 Å². The van der Waals surface area contributed by atoms with E-state index in [9.17, 15) is 13.6 Å². The van der Waals surface area contributed by atoms with Crippen LogP contribution in [0.25, 0.3) is 0 Å². The van der Waals surface area contributed by atoms with Gasteiger partial charge in [0.1, 0.15) is 0 Å². The lowest BCUT2D eigenvalue weighted by atomic mass is 10.0. The van der Waals surface area contributed by atoms with Crippen LogP contribution < -0.4 is 5.32 Å². The molecule has 2 heterocycles. The van der Waals surface area contributed by atoms with Gasteiger partial charge >= 0.3 is 0 Å². The molecular formula is C13H20F2N2O. The second-order valence-corrected chi connectivity index (χ2v) is 6.01. The van der Waals surface area contributed by atoms with Crippen LogP contribution in [0.4, 0.5) is 8.78 Å². The van der Waals surface area contributed by atoms with Crippen LogP contribution in [0.15, 0.2) is 0 Å². The molecule has 1 saturated carbocycles. The van der Waals surface area contributed by atoms with E-state index in [1.54, 1.807) is 0 Å². The minimum absolute atomic E-state index is 0.0403. The number of rotatable bonds is 1. The zero-order chi connectivity index (χ0) is 12.8. The lowest BCUT2D eigenvalue weighted by Crippen LogP contribution is -2.41. The fourth-order valence-electron chi connectivity index (χ4n) is 3.56. The third-order valence-electron chi connectivity index (χ3n) is 4.59. The number of carbonyl (C=O) groups excluding carboxylic acids is 1. The number of hydrogen-bond acceptors (Lipinski definition) is 2. The van der Waals surface area contributed by atoms with Gasteiger partial charge in [-0.15, -0.1) is 0 Å². The molecule has 0 spiro atoms. The van der Waals surface area contributed by atoms with Gasteiger partial charge in [0.25, 0.3) is 0 Å². The predicted octanol–water partition coefficient (Wildman–Crippen LogP) is 1.77. The van der Waals surface area contributed by atoms with Crippen molar-refractivity contribution in [3.05, 3.63) is 0 Å². The van der Waals surface area contributed by atoms with E-state index in [0.717, 1.165) is 19.4 Å². The fraction of sp³-hybridized carbons (Fsp3) is 0.923. The maximum absolute atomic E-state index is 13.2. The summed E-state index contributed by atoms with van der Waals surface area (Å²) in [6.07, 6.45) is 3.24. The van der Waals surface area contributed by atoms with E-state index < -0.39 is 11.8 Å². The van der Waals surface area contributed by atoms with Gasteiger partial charge < -0.3 is 10.2 Å². The maximum Gasteiger partial charge on any atom is 0.248 e. The Balaban J connectivity index is 1.62. The van der Waals surface area contributed by atoms with Crippen molar-refractivity contribution in [2.45, 2.75) is 56.5 Å². The molecule has 2 aliphatic heterocycles. The molecule has 3 fully saturated rings. The number of carbonyl (C=O) groups is 1. The topological polar surface area (TPSA) is 32.3 Å². The van der Waals surface area contributed by atoms with Gasteiger partial charge in [0, 0.05) is 43.9 Å². The van der Waals surface area contributed by atoms with Crippen LogP contribution in [0.1, 0.15) is 38.5 Å². The summed E-state index contributed by atoms with van der Waals surface area (Å²) in [5.41, 5.74) is 0. The molecule has 1 N–H and O–H groups in total. The van der Waals surface area contributed by atoms with E-state index >= 15 is 0 Å². The molecule has 3 aliphatic rings. The minimum Gasteiger partial charge on any atom is -0.341 e. The van der Waals surface area contributed by atoms with Crippen LogP contribution in [0.5, 0.6) is 0 Å². The summed E-state index contributed by atoms with van der Waals surface area (Å²) in [5.74, 6) is -3.11. The van der Waals surface area contributed by atoms with Crippen molar-refractivity contribution in [1.29, 1.82) is 0 Å². The third kappa shape index (κ3) is 2.37. The van der Waals surface area contributed by atoms with Crippen LogP contribution in [0, 0.1) is 5.92 Å². The van der Waals surface area contributed by atoms with Gasteiger partial charge in [0.2, 0.25) is 11.8 Å². The largest absolute Gasteiger partial charge is 0.341 e. The zero-order valence-electron chi connectivity index (χ0n) is 10.5. The highest BCUT2D eigenvalue weighted by Gasteiger charge is 2.44. The van der Waals surface area contributed by atoms with Gasteiger partial charge in [-0.05, 0) is 25.7 Å². The Morgan fingerprint density at radius 1 is 1.17 bits per heavy atom. The molecule has 18 heavy (non-hydrogen) atoms. The smallest absolute Gasteiger partial charge is 0.248 e. The van der Waals surface area contributed by atoms with E-state index in [1.807, 2.05) is 4.90 Å². The van der Waals surface area contributed by atoms with Gasteiger partial charge in [0.15, 0.2) is 0 Å². The van der Waals surface area contributed by atoms with Crippen molar-refractivity contribution >= 4 is 5.91 Å². The first-order valence-corrected chi connectivity index (χ1v) is 6.96. The number of fused-ring (bicyclic) bond motifs is 2. The first-order chi connectivity index (χ1) is 8.53. The maximum atomic E-state index is 13.2. The number of halogens is 2. The Kier molecular flexibility index (Phi) is 3.04. The fourth-order valence-corrected chi connectivity index (χ4v) is 3.56. The minimum atomic E-state index is -2.62. The number of hydrogen-bond donors (Lipinski definition) is 1. The van der Waals surface area contributed by atoms with E-state index in [-0.39, 0.29) is 18.7 Å². The summed E-state index contributed by atoms with van der Waals surface area (Å²) >= 11 is 0. The molecule has 2 saturated heterocycles. The molecule has 1 amide bonds. The summed E-state index contributed by atoms with van der Waals surface area (Å²) in [4.78, 5) is 14.1. The van der Waals surface area contributed by atoms with Crippen LogP contribution >= 0.6 is 0 Å². The average molecular weight is 258 g/mol. The molecule has 102 valence electrons. The van der Waals surface area contributed by atoms with E-state index in [4.69, 9.17) is 0 Å². The molecule has 3 unspecified atom stereocenters. The van der Waals surface area contributed by atoms with Gasteiger partial charge in [-0.1, -0.05) is 0 Å². The van der Waals surface area contributed by atoms with Crippen molar-refractivity contribution in [3.63, 3.8) is 0 Å². The number of likely N-dealkylation sites (tertiary alicyclic amines) is 1. The van der Waals surface area contributed by atoms with Crippen LogP contribution in [-0.2, 0) is 4.79 Å². The molecule has 3 rings (SSSR count). The summed E-state index contributed by atoms with van der Waals surface area (Å²) in [7, 11) is 0. The first kappa shape index (κ1) is 12.3. The molecule has 1 aliphatic carbocycles. The van der Waals surface area contributed by atoms with Gasteiger partial charge in [-0.2, -0.15) is 0 Å². The Hall–Kier alpha value is -0.710. The predicted molar refractivity (Wildman–Crippen MR) is 63.4 cm³/mol. The second-order valence-electron chi connectivity index (χ2n) is 6.01. The van der Waals surface area contributed by atoms with Crippen molar-refractivity contribution in [2.24, 2.45) is 5.92 Å². The standard InChI is InChI=1S/C13H20F2N2O/c14-13(15)5-3-9(7-13)12(18)17-6-4-10-1-2-11(8-17)16-10/h9-11,16H,1-8H2. The molecule has 0 aromatic heterocycles. The summed E-state index contributed by atoms with van der Waals surface area (Å²) in [6, 6.07) is 0.904. The molecule has 0 radical (unpaired) electrons. The Morgan fingerprint density at radius 2 is 1.94 bits per heavy atom. The summed E-state index contributed by atoms with van der Waals surface area (Å²) in [6.45, 7) is 1.44. The summed E-state index contributed by atoms with van der Waals surface area (Å²) in [5, 5.41) is 3.50. The molecule has 3 nitrogen and oxygen atoms in total. The number of alkyl halides is 2. The second kappa shape index (κ2) is 4.44. The van der Waals surface area contributed by atoms with Gasteiger partial charge in [0.05, 0.1) is 0 Å². The SMILES string of the molecule is O=C(C1CCC(F)(F)C1)N1CCC2CCC(C1)N2. The molecule has 5 heteroatoms. The Labute approximate surface area is 106 Å². The number of amides is 1.